The van der Waals surface area contributed by atoms with Crippen LogP contribution in [0.4, 0.5) is 11.4 Å². The molecule has 1 amide bonds. The quantitative estimate of drug-likeness (QED) is 0.893. The molecule has 0 heterocycles. The molecule has 126 valence electrons. The summed E-state index contributed by atoms with van der Waals surface area (Å²) in [5.41, 5.74) is 3.56. The fraction of sp³-hybridized carbons (Fsp3) is 0.278. The molecule has 0 radical (unpaired) electrons. The highest BCUT2D eigenvalue weighted by Crippen LogP contribution is 2.29. The van der Waals surface area contributed by atoms with Crippen molar-refractivity contribution in [3.8, 4) is 0 Å². The van der Waals surface area contributed by atoms with Crippen molar-refractivity contribution in [1.29, 1.82) is 0 Å². The van der Waals surface area contributed by atoms with Crippen LogP contribution in [-0.4, -0.2) is 14.3 Å². The third-order valence-electron chi connectivity index (χ3n) is 4.13. The van der Waals surface area contributed by atoms with Gasteiger partial charge in [-0.25, -0.2) is 8.42 Å². The second-order valence-electron chi connectivity index (χ2n) is 5.96. The summed E-state index contributed by atoms with van der Waals surface area (Å²) in [6.45, 7) is 1.41. The normalized spacial score (nSPS) is 13.9. The minimum atomic E-state index is -3.65. The van der Waals surface area contributed by atoms with E-state index in [4.69, 9.17) is 0 Å². The molecular weight excluding hydrogens is 324 g/mol. The van der Waals surface area contributed by atoms with Gasteiger partial charge in [0.1, 0.15) is 0 Å². The van der Waals surface area contributed by atoms with Gasteiger partial charge in [0.25, 0.3) is 10.0 Å². The maximum absolute atomic E-state index is 12.6. The van der Waals surface area contributed by atoms with E-state index in [1.165, 1.54) is 24.6 Å². The fourth-order valence-corrected chi connectivity index (χ4v) is 4.09. The first-order chi connectivity index (χ1) is 11.5. The summed E-state index contributed by atoms with van der Waals surface area (Å²) in [7, 11) is -3.65. The lowest BCUT2D eigenvalue weighted by atomic mass is 9.91. The van der Waals surface area contributed by atoms with Gasteiger partial charge in [0, 0.05) is 12.6 Å². The first kappa shape index (κ1) is 16.5. The van der Waals surface area contributed by atoms with E-state index in [-0.39, 0.29) is 10.8 Å². The molecule has 2 aromatic rings. The standard InChI is InChI=1S/C18H20N2O3S/c1-13(21)19-15-9-11-16(12-10-15)24(22,23)20-18-8-4-6-14-5-2-3-7-17(14)18/h4,6,8-12,20H,2-3,5,7H2,1H3,(H,19,21). The minimum absolute atomic E-state index is 0.171. The smallest absolute Gasteiger partial charge is 0.261 e. The summed E-state index contributed by atoms with van der Waals surface area (Å²) in [6, 6.07) is 11.9. The van der Waals surface area contributed by atoms with Crippen LogP contribution in [0.15, 0.2) is 47.4 Å². The van der Waals surface area contributed by atoms with Crippen molar-refractivity contribution in [3.63, 3.8) is 0 Å². The molecule has 0 saturated carbocycles. The summed E-state index contributed by atoms with van der Waals surface area (Å²) in [5, 5.41) is 2.62. The van der Waals surface area contributed by atoms with Gasteiger partial charge in [-0.05, 0) is 67.1 Å². The zero-order valence-corrected chi connectivity index (χ0v) is 14.3. The van der Waals surface area contributed by atoms with Gasteiger partial charge in [0.15, 0.2) is 0 Å². The molecule has 3 rings (SSSR count). The summed E-state index contributed by atoms with van der Waals surface area (Å²) in [6.07, 6.45) is 4.12. The molecule has 0 spiro atoms. The van der Waals surface area contributed by atoms with Crippen molar-refractivity contribution in [3.05, 3.63) is 53.6 Å². The Balaban J connectivity index is 1.85. The zero-order chi connectivity index (χ0) is 17.2. The number of rotatable bonds is 4. The highest BCUT2D eigenvalue weighted by molar-refractivity contribution is 7.92. The number of aryl methyl sites for hydroxylation is 1. The van der Waals surface area contributed by atoms with E-state index in [1.54, 1.807) is 12.1 Å². The maximum Gasteiger partial charge on any atom is 0.261 e. The van der Waals surface area contributed by atoms with E-state index in [9.17, 15) is 13.2 Å². The van der Waals surface area contributed by atoms with Crippen LogP contribution >= 0.6 is 0 Å². The average molecular weight is 344 g/mol. The first-order valence-corrected chi connectivity index (χ1v) is 9.45. The number of nitrogens with one attached hydrogen (secondary N) is 2. The Bertz CT molecular complexity index is 858. The number of sulfonamides is 1. The Hall–Kier alpha value is -2.34. The first-order valence-electron chi connectivity index (χ1n) is 7.97. The molecule has 0 aliphatic heterocycles. The van der Waals surface area contributed by atoms with E-state index < -0.39 is 10.0 Å². The van der Waals surface area contributed by atoms with Crippen LogP contribution in [0.2, 0.25) is 0 Å². The molecule has 2 aromatic carbocycles. The molecule has 0 unspecified atom stereocenters. The third-order valence-corrected chi connectivity index (χ3v) is 5.51. The number of fused-ring (bicyclic) bond motifs is 1. The lowest BCUT2D eigenvalue weighted by molar-refractivity contribution is -0.114. The van der Waals surface area contributed by atoms with Gasteiger partial charge in [-0.3, -0.25) is 9.52 Å². The van der Waals surface area contributed by atoms with Crippen molar-refractivity contribution < 1.29 is 13.2 Å². The van der Waals surface area contributed by atoms with Crippen LogP contribution < -0.4 is 10.0 Å². The number of carbonyl (C=O) groups is 1. The Kier molecular flexibility index (Phi) is 4.57. The molecule has 0 saturated heterocycles. The number of amides is 1. The Morgan fingerprint density at radius 2 is 1.71 bits per heavy atom. The molecule has 6 heteroatoms. The second kappa shape index (κ2) is 6.65. The van der Waals surface area contributed by atoms with E-state index in [2.05, 4.69) is 16.1 Å². The van der Waals surface area contributed by atoms with Gasteiger partial charge in [-0.2, -0.15) is 0 Å². The van der Waals surface area contributed by atoms with Crippen LogP contribution in [0.5, 0.6) is 0 Å². The zero-order valence-electron chi connectivity index (χ0n) is 13.5. The van der Waals surface area contributed by atoms with Gasteiger partial charge in [0.05, 0.1) is 10.6 Å². The Labute approximate surface area is 142 Å². The molecule has 5 nitrogen and oxygen atoms in total. The lowest BCUT2D eigenvalue weighted by Crippen LogP contribution is -2.16. The molecule has 2 N–H and O–H groups in total. The van der Waals surface area contributed by atoms with Crippen molar-refractivity contribution >= 4 is 27.3 Å². The van der Waals surface area contributed by atoms with Gasteiger partial charge in [-0.15, -0.1) is 0 Å². The van der Waals surface area contributed by atoms with Gasteiger partial charge >= 0.3 is 0 Å². The van der Waals surface area contributed by atoms with E-state index >= 15 is 0 Å². The van der Waals surface area contributed by atoms with Crippen molar-refractivity contribution in [2.24, 2.45) is 0 Å². The molecule has 0 fully saturated rings. The molecule has 24 heavy (non-hydrogen) atoms. The predicted molar refractivity (Wildman–Crippen MR) is 94.6 cm³/mol. The SMILES string of the molecule is CC(=O)Nc1ccc(S(=O)(=O)Nc2cccc3c2CCCC3)cc1. The Morgan fingerprint density at radius 3 is 2.42 bits per heavy atom. The molecule has 0 bridgehead atoms. The maximum atomic E-state index is 12.6. The molecule has 1 aliphatic carbocycles. The molecule has 0 atom stereocenters. The van der Waals surface area contributed by atoms with E-state index in [0.29, 0.717) is 11.4 Å². The number of benzene rings is 2. The summed E-state index contributed by atoms with van der Waals surface area (Å²) in [5.74, 6) is -0.195. The average Bonchev–Trinajstić information content (AvgIpc) is 2.55. The molecular formula is C18H20N2O3S. The molecule has 1 aliphatic rings. The summed E-state index contributed by atoms with van der Waals surface area (Å²) < 4.78 is 28.0. The highest BCUT2D eigenvalue weighted by atomic mass is 32.2. The Morgan fingerprint density at radius 1 is 1.00 bits per heavy atom. The van der Waals surface area contributed by atoms with Gasteiger partial charge < -0.3 is 5.32 Å². The van der Waals surface area contributed by atoms with E-state index in [0.717, 1.165) is 31.2 Å². The number of carbonyl (C=O) groups excluding carboxylic acids is 1. The lowest BCUT2D eigenvalue weighted by Gasteiger charge is -2.20. The largest absolute Gasteiger partial charge is 0.326 e. The number of hydrogen-bond acceptors (Lipinski definition) is 3. The van der Waals surface area contributed by atoms with E-state index in [1.807, 2.05) is 12.1 Å². The van der Waals surface area contributed by atoms with Gasteiger partial charge in [0.2, 0.25) is 5.91 Å². The third kappa shape index (κ3) is 3.59. The van der Waals surface area contributed by atoms with Crippen LogP contribution in [0, 0.1) is 0 Å². The van der Waals surface area contributed by atoms with Crippen LogP contribution in [0.25, 0.3) is 0 Å². The number of anilines is 2. The van der Waals surface area contributed by atoms with Crippen LogP contribution in [0.3, 0.4) is 0 Å². The van der Waals surface area contributed by atoms with Crippen molar-refractivity contribution in [2.45, 2.75) is 37.5 Å². The van der Waals surface area contributed by atoms with Crippen molar-refractivity contribution in [1.82, 2.24) is 0 Å². The minimum Gasteiger partial charge on any atom is -0.326 e. The van der Waals surface area contributed by atoms with Crippen molar-refractivity contribution in [2.75, 3.05) is 10.0 Å². The predicted octanol–water partition coefficient (Wildman–Crippen LogP) is 3.32. The highest BCUT2D eigenvalue weighted by Gasteiger charge is 2.19. The van der Waals surface area contributed by atoms with Crippen LogP contribution in [-0.2, 0) is 27.7 Å². The second-order valence-corrected chi connectivity index (χ2v) is 7.64. The monoisotopic (exact) mass is 344 g/mol. The summed E-state index contributed by atoms with van der Waals surface area (Å²) in [4.78, 5) is 11.2. The van der Waals surface area contributed by atoms with Gasteiger partial charge in [-0.1, -0.05) is 12.1 Å². The van der Waals surface area contributed by atoms with Crippen LogP contribution in [0.1, 0.15) is 30.9 Å². The fourth-order valence-electron chi connectivity index (χ4n) is 3.00. The summed E-state index contributed by atoms with van der Waals surface area (Å²) >= 11 is 0. The molecule has 0 aromatic heterocycles. The number of hydrogen-bond donors (Lipinski definition) is 2. The topological polar surface area (TPSA) is 75.3 Å².